The standard InChI is InChI=1S/C35H40FN7O9S/c1-37-34(48)26(6-4-15-44)43-25-5-3-7-28(32(25)40(2)35(43)49)52-22-10-13-41(14-11-22)19-29(46)38-12-16-51-23-9-8-21-17-27(45)33(31(36)24(21)18-23)42-20-30(47)39-53(42)50/h3,5,7-9,15,17-18,22,26,45H,4,6,10-14,16,19-20H2,1-2H3,(H,37,48)(H,38,46)(H,39,47). The zero-order chi connectivity index (χ0) is 37.8. The predicted octanol–water partition coefficient (Wildman–Crippen LogP) is 1.16. The highest BCUT2D eigenvalue weighted by atomic mass is 32.2. The molecule has 0 spiro atoms. The van der Waals surface area contributed by atoms with E-state index in [0.717, 1.165) is 10.6 Å². The summed E-state index contributed by atoms with van der Waals surface area (Å²) in [6, 6.07) is 10.4. The molecule has 0 bridgehead atoms. The molecule has 18 heteroatoms. The van der Waals surface area contributed by atoms with Gasteiger partial charge in [-0.1, -0.05) is 12.1 Å². The number of piperidine rings is 1. The summed E-state index contributed by atoms with van der Waals surface area (Å²) in [4.78, 5) is 63.4. The van der Waals surface area contributed by atoms with Crippen molar-refractivity contribution in [2.24, 2.45) is 7.05 Å². The summed E-state index contributed by atoms with van der Waals surface area (Å²) < 4.78 is 45.7. The molecule has 3 heterocycles. The maximum Gasteiger partial charge on any atom is 0.329 e. The van der Waals surface area contributed by atoms with E-state index in [2.05, 4.69) is 15.4 Å². The minimum atomic E-state index is -2.02. The van der Waals surface area contributed by atoms with Crippen molar-refractivity contribution in [1.29, 1.82) is 0 Å². The minimum absolute atomic E-state index is 0.0999. The van der Waals surface area contributed by atoms with Crippen molar-refractivity contribution in [3.05, 3.63) is 58.8 Å². The lowest BCUT2D eigenvalue weighted by Gasteiger charge is -2.31. The third-order valence-corrected chi connectivity index (χ3v) is 10.4. The van der Waals surface area contributed by atoms with E-state index in [9.17, 15) is 33.3 Å². The molecule has 0 aliphatic carbocycles. The number of fused-ring (bicyclic) bond motifs is 2. The van der Waals surface area contributed by atoms with E-state index < -0.39 is 40.4 Å². The van der Waals surface area contributed by atoms with E-state index >= 15 is 4.39 Å². The third kappa shape index (κ3) is 7.83. The van der Waals surface area contributed by atoms with Crippen LogP contribution in [0.15, 0.2) is 47.3 Å². The summed E-state index contributed by atoms with van der Waals surface area (Å²) in [6.45, 7) is 1.30. The number of benzene rings is 3. The summed E-state index contributed by atoms with van der Waals surface area (Å²) in [7, 11) is 3.11. The van der Waals surface area contributed by atoms with Crippen LogP contribution in [0.4, 0.5) is 10.1 Å². The van der Waals surface area contributed by atoms with Gasteiger partial charge in [0.1, 0.15) is 60.0 Å². The van der Waals surface area contributed by atoms with Gasteiger partial charge in [-0.05, 0) is 55.0 Å². The lowest BCUT2D eigenvalue weighted by atomic mass is 10.1. The van der Waals surface area contributed by atoms with Crippen LogP contribution in [-0.4, -0.2) is 99.8 Å². The Balaban J connectivity index is 0.996. The van der Waals surface area contributed by atoms with Crippen molar-refractivity contribution < 1.29 is 42.4 Å². The van der Waals surface area contributed by atoms with Crippen LogP contribution in [0.25, 0.3) is 21.8 Å². The number of aldehydes is 1. The summed E-state index contributed by atoms with van der Waals surface area (Å²) in [5, 5.41) is 16.3. The van der Waals surface area contributed by atoms with Crippen LogP contribution < -0.4 is 34.8 Å². The number of amides is 3. The molecule has 6 rings (SSSR count). The molecular weight excluding hydrogens is 713 g/mol. The van der Waals surface area contributed by atoms with Gasteiger partial charge in [0.2, 0.25) is 23.0 Å². The van der Waals surface area contributed by atoms with Crippen molar-refractivity contribution >= 4 is 62.7 Å². The Morgan fingerprint density at radius 2 is 1.94 bits per heavy atom. The molecule has 53 heavy (non-hydrogen) atoms. The summed E-state index contributed by atoms with van der Waals surface area (Å²) in [5.41, 5.74) is 0.337. The molecule has 2 unspecified atom stereocenters. The van der Waals surface area contributed by atoms with Crippen molar-refractivity contribution in [3.8, 4) is 17.2 Å². The Bertz CT molecular complexity index is 2150. The number of ether oxygens (including phenoxy) is 2. The Kier molecular flexibility index (Phi) is 11.3. The SMILES string of the molecule is CNC(=O)C(CCC=O)n1c(=O)n(C)c2c(OC3CCN(CC(=O)NCCOc4ccc5cc(O)c(N6CC(=O)NS6=O)c(F)c5c4)CC3)cccc21. The van der Waals surface area contributed by atoms with E-state index in [1.807, 2.05) is 4.90 Å². The second-order valence-corrected chi connectivity index (χ2v) is 13.9. The fraction of sp³-hybridized carbons (Fsp3) is 0.400. The number of anilines is 1. The van der Waals surface area contributed by atoms with Crippen LogP contribution in [0.5, 0.6) is 17.2 Å². The normalized spacial score (nSPS) is 17.2. The molecule has 2 saturated heterocycles. The maximum absolute atomic E-state index is 15.5. The highest BCUT2D eigenvalue weighted by Crippen LogP contribution is 2.39. The maximum atomic E-state index is 15.5. The molecule has 2 fully saturated rings. The first-order valence-corrected chi connectivity index (χ1v) is 18.2. The van der Waals surface area contributed by atoms with Crippen LogP contribution >= 0.6 is 0 Å². The number of imidazole rings is 1. The predicted molar refractivity (Wildman–Crippen MR) is 193 cm³/mol. The van der Waals surface area contributed by atoms with Gasteiger partial charge in [-0.15, -0.1) is 0 Å². The molecule has 16 nitrogen and oxygen atoms in total. The lowest BCUT2D eigenvalue weighted by Crippen LogP contribution is -2.44. The number of phenols is 1. The summed E-state index contributed by atoms with van der Waals surface area (Å²) in [6.07, 6.45) is 2.14. The van der Waals surface area contributed by atoms with Gasteiger partial charge in [0, 0.05) is 39.0 Å². The molecule has 4 N–H and O–H groups in total. The number of carbonyl (C=O) groups excluding carboxylic acids is 4. The van der Waals surface area contributed by atoms with E-state index in [0.29, 0.717) is 53.8 Å². The summed E-state index contributed by atoms with van der Waals surface area (Å²) >= 11 is -2.02. The van der Waals surface area contributed by atoms with Crippen LogP contribution in [0.2, 0.25) is 0 Å². The number of rotatable bonds is 14. The van der Waals surface area contributed by atoms with Gasteiger partial charge in [-0.25, -0.2) is 13.4 Å². The van der Waals surface area contributed by atoms with Crippen molar-refractivity contribution in [2.75, 3.05) is 50.7 Å². The number of para-hydroxylation sites is 1. The van der Waals surface area contributed by atoms with E-state index in [1.165, 1.54) is 28.3 Å². The molecule has 3 amide bonds. The topological polar surface area (TPSA) is 194 Å². The van der Waals surface area contributed by atoms with Crippen molar-refractivity contribution in [3.63, 3.8) is 0 Å². The van der Waals surface area contributed by atoms with E-state index in [4.69, 9.17) is 9.47 Å². The number of aryl methyl sites for hydroxylation is 1. The number of phenolic OH excluding ortho intramolecular Hbond substituents is 1. The largest absolute Gasteiger partial charge is 0.506 e. The number of hydrogen-bond donors (Lipinski definition) is 4. The molecular formula is C35H40FN7O9S. The molecule has 4 aromatic rings. The number of nitrogens with one attached hydrogen (secondary N) is 3. The second-order valence-electron chi connectivity index (χ2n) is 12.8. The number of carbonyl (C=O) groups is 4. The van der Waals surface area contributed by atoms with Crippen LogP contribution in [0.1, 0.15) is 31.7 Å². The molecule has 0 saturated carbocycles. The fourth-order valence-electron chi connectivity index (χ4n) is 6.72. The van der Waals surface area contributed by atoms with Gasteiger partial charge in [-0.3, -0.25) is 37.4 Å². The Morgan fingerprint density at radius 1 is 1.17 bits per heavy atom. The Hall–Kier alpha value is -5.49. The Morgan fingerprint density at radius 3 is 2.64 bits per heavy atom. The van der Waals surface area contributed by atoms with E-state index in [-0.39, 0.29) is 68.1 Å². The Labute approximate surface area is 305 Å². The number of hydrogen-bond acceptors (Lipinski definition) is 10. The molecule has 1 aromatic heterocycles. The van der Waals surface area contributed by atoms with Gasteiger partial charge < -0.3 is 30.0 Å². The van der Waals surface area contributed by atoms with Crippen LogP contribution in [0.3, 0.4) is 0 Å². The number of nitrogens with zero attached hydrogens (tertiary/aromatic N) is 4. The molecule has 3 aromatic carbocycles. The van der Waals surface area contributed by atoms with Crippen molar-refractivity contribution in [2.45, 2.75) is 37.8 Å². The average Bonchev–Trinajstić information content (AvgIpc) is 3.61. The third-order valence-electron chi connectivity index (χ3n) is 9.31. The fourth-order valence-corrected chi connectivity index (χ4v) is 7.67. The zero-order valence-electron chi connectivity index (χ0n) is 29.1. The molecule has 2 atom stereocenters. The first kappa shape index (κ1) is 37.3. The van der Waals surface area contributed by atoms with Crippen molar-refractivity contribution in [1.82, 2.24) is 29.4 Å². The highest BCUT2D eigenvalue weighted by Gasteiger charge is 2.32. The minimum Gasteiger partial charge on any atom is -0.506 e. The van der Waals surface area contributed by atoms with Crippen LogP contribution in [0, 0.1) is 5.82 Å². The van der Waals surface area contributed by atoms with Crippen LogP contribution in [-0.2, 0) is 37.4 Å². The molecule has 2 aliphatic rings. The molecule has 2 aliphatic heterocycles. The summed E-state index contributed by atoms with van der Waals surface area (Å²) in [5.74, 6) is -1.60. The first-order chi connectivity index (χ1) is 25.5. The van der Waals surface area contributed by atoms with Gasteiger partial charge >= 0.3 is 5.69 Å². The zero-order valence-corrected chi connectivity index (χ0v) is 29.9. The monoisotopic (exact) mass is 753 g/mol. The van der Waals surface area contributed by atoms with Gasteiger partial charge in [0.15, 0.2) is 5.82 Å². The number of halogens is 1. The van der Waals surface area contributed by atoms with Gasteiger partial charge in [0.25, 0.3) is 5.91 Å². The van der Waals surface area contributed by atoms with E-state index in [1.54, 1.807) is 37.4 Å². The highest BCUT2D eigenvalue weighted by molar-refractivity contribution is 7.85. The number of likely N-dealkylation sites (tertiary alicyclic amines) is 1. The quantitative estimate of drug-likeness (QED) is 0.107. The lowest BCUT2D eigenvalue weighted by molar-refractivity contribution is -0.124. The number of aromatic hydroxyl groups is 1. The van der Waals surface area contributed by atoms with Gasteiger partial charge in [0.05, 0.1) is 18.6 Å². The smallest absolute Gasteiger partial charge is 0.329 e. The number of likely N-dealkylation sites (N-methyl/N-ethyl adjacent to an activating group) is 1. The first-order valence-electron chi connectivity index (χ1n) is 17.1. The molecule has 0 radical (unpaired) electrons. The average molecular weight is 754 g/mol. The number of aromatic nitrogens is 2. The van der Waals surface area contributed by atoms with Gasteiger partial charge in [-0.2, -0.15) is 0 Å². The molecule has 282 valence electrons. The second kappa shape index (κ2) is 16.0.